The van der Waals surface area contributed by atoms with Crippen molar-refractivity contribution >= 4 is 45.8 Å². The van der Waals surface area contributed by atoms with Crippen LogP contribution in [0.1, 0.15) is 19.9 Å². The minimum atomic E-state index is 0.145. The van der Waals surface area contributed by atoms with Gasteiger partial charge in [0, 0.05) is 0 Å². The van der Waals surface area contributed by atoms with Gasteiger partial charge in [0.25, 0.3) is 0 Å². The van der Waals surface area contributed by atoms with Crippen molar-refractivity contribution in [1.82, 2.24) is 30.0 Å². The van der Waals surface area contributed by atoms with Crippen molar-refractivity contribution in [3.63, 3.8) is 0 Å². The van der Waals surface area contributed by atoms with Crippen LogP contribution in [0.2, 0.25) is 10.0 Å². The second-order valence-corrected chi connectivity index (χ2v) is 6.69. The minimum Gasteiger partial charge on any atom is -0.224 e. The van der Waals surface area contributed by atoms with Crippen molar-refractivity contribution in [2.75, 3.05) is 0 Å². The number of rotatable bonds is 3. The van der Waals surface area contributed by atoms with Crippen molar-refractivity contribution in [2.45, 2.75) is 19.9 Å². The number of tetrazole rings is 1. The van der Waals surface area contributed by atoms with E-state index in [1.165, 1.54) is 0 Å². The number of para-hydroxylation sites is 1. The monoisotopic (exact) mass is 448 g/mol. The third kappa shape index (κ3) is 2.72. The van der Waals surface area contributed by atoms with Gasteiger partial charge >= 0.3 is 0 Å². The second kappa shape index (κ2) is 6.13. The maximum Gasteiger partial charge on any atom is 0.209 e. The Morgan fingerprint density at radius 1 is 1.18 bits per heavy atom. The number of hydrogen-bond acceptors (Lipinski definition) is 4. The molecule has 0 aliphatic rings. The predicted molar refractivity (Wildman–Crippen MR) is 93.5 cm³/mol. The summed E-state index contributed by atoms with van der Waals surface area (Å²) in [6.07, 6.45) is 1.68. The highest BCUT2D eigenvalue weighted by molar-refractivity contribution is 14.1. The van der Waals surface area contributed by atoms with E-state index in [-0.39, 0.29) is 6.04 Å². The van der Waals surface area contributed by atoms with E-state index in [4.69, 9.17) is 23.2 Å². The molecule has 3 rings (SSSR count). The Hall–Kier alpha value is -1.19. The SMILES string of the molecule is CC(C)n1nnc(-c2cnn(-c3c(Cl)cccc3Cl)c2I)n1. The largest absolute Gasteiger partial charge is 0.224 e. The lowest BCUT2D eigenvalue weighted by molar-refractivity contribution is 0.455. The van der Waals surface area contributed by atoms with Gasteiger partial charge in [-0.3, -0.25) is 0 Å². The lowest BCUT2D eigenvalue weighted by Crippen LogP contribution is -2.04. The van der Waals surface area contributed by atoms with Gasteiger partial charge < -0.3 is 0 Å². The molecule has 2 aromatic heterocycles. The summed E-state index contributed by atoms with van der Waals surface area (Å²) in [6.45, 7) is 3.98. The van der Waals surface area contributed by atoms with Crippen LogP contribution in [0.15, 0.2) is 24.4 Å². The van der Waals surface area contributed by atoms with E-state index in [2.05, 4.69) is 43.1 Å². The van der Waals surface area contributed by atoms with Gasteiger partial charge in [0.1, 0.15) is 9.39 Å². The van der Waals surface area contributed by atoms with Crippen LogP contribution in [0.5, 0.6) is 0 Å². The molecule has 0 atom stereocenters. The van der Waals surface area contributed by atoms with Crippen LogP contribution in [0.3, 0.4) is 0 Å². The number of hydrogen-bond donors (Lipinski definition) is 0. The molecule has 0 unspecified atom stereocenters. The van der Waals surface area contributed by atoms with E-state index in [0.717, 1.165) is 9.26 Å². The fourth-order valence-corrected chi connectivity index (χ4v) is 3.19. The average molecular weight is 449 g/mol. The Morgan fingerprint density at radius 3 is 2.45 bits per heavy atom. The summed E-state index contributed by atoms with van der Waals surface area (Å²) < 4.78 is 2.49. The standard InChI is InChI=1S/C13H11Cl2IN6/c1-7(2)22-19-13(18-20-22)8-6-17-21(12(8)16)11-9(14)4-3-5-10(11)15/h3-7H,1-2H3. The quantitative estimate of drug-likeness (QED) is 0.568. The first-order valence-corrected chi connectivity index (χ1v) is 8.30. The van der Waals surface area contributed by atoms with Gasteiger partial charge in [0.2, 0.25) is 5.82 Å². The molecule has 0 spiro atoms. The molecule has 1 aromatic carbocycles. The van der Waals surface area contributed by atoms with Gasteiger partial charge in [-0.2, -0.15) is 9.90 Å². The zero-order chi connectivity index (χ0) is 15.9. The minimum absolute atomic E-state index is 0.145. The summed E-state index contributed by atoms with van der Waals surface area (Å²) in [4.78, 5) is 1.56. The van der Waals surface area contributed by atoms with Crippen LogP contribution in [-0.4, -0.2) is 30.0 Å². The van der Waals surface area contributed by atoms with E-state index < -0.39 is 0 Å². The van der Waals surface area contributed by atoms with E-state index in [1.54, 1.807) is 33.9 Å². The highest BCUT2D eigenvalue weighted by Crippen LogP contribution is 2.32. The van der Waals surface area contributed by atoms with E-state index in [9.17, 15) is 0 Å². The normalized spacial score (nSPS) is 11.4. The Labute approximate surface area is 150 Å². The molecule has 0 amide bonds. The predicted octanol–water partition coefficient (Wildman–Crippen LogP) is 4.02. The Morgan fingerprint density at radius 2 is 1.86 bits per heavy atom. The van der Waals surface area contributed by atoms with Gasteiger partial charge in [-0.1, -0.05) is 29.3 Å². The summed E-state index contributed by atoms with van der Waals surface area (Å²) >= 11 is 14.7. The second-order valence-electron chi connectivity index (χ2n) is 4.86. The van der Waals surface area contributed by atoms with Crippen LogP contribution < -0.4 is 0 Å². The molecule has 0 N–H and O–H groups in total. The Balaban J connectivity index is 2.09. The van der Waals surface area contributed by atoms with Crippen LogP contribution in [0.25, 0.3) is 17.1 Å². The lowest BCUT2D eigenvalue weighted by Gasteiger charge is -2.08. The Kier molecular flexibility index (Phi) is 4.37. The van der Waals surface area contributed by atoms with Crippen molar-refractivity contribution < 1.29 is 0 Å². The molecule has 0 radical (unpaired) electrons. The molecule has 2 heterocycles. The average Bonchev–Trinajstić information content (AvgIpc) is 3.06. The molecule has 0 saturated heterocycles. The third-order valence-electron chi connectivity index (χ3n) is 2.99. The first-order chi connectivity index (χ1) is 10.5. The molecule has 3 aromatic rings. The van der Waals surface area contributed by atoms with E-state index >= 15 is 0 Å². The fourth-order valence-electron chi connectivity index (χ4n) is 1.88. The summed E-state index contributed by atoms with van der Waals surface area (Å²) in [5.74, 6) is 0.521. The number of benzene rings is 1. The maximum absolute atomic E-state index is 6.24. The third-order valence-corrected chi connectivity index (χ3v) is 4.64. The highest BCUT2D eigenvalue weighted by Gasteiger charge is 2.19. The molecule has 0 saturated carbocycles. The fraction of sp³-hybridized carbons (Fsp3) is 0.231. The summed E-state index contributed by atoms with van der Waals surface area (Å²) in [6, 6.07) is 5.48. The summed E-state index contributed by atoms with van der Waals surface area (Å²) in [5, 5.41) is 17.9. The van der Waals surface area contributed by atoms with E-state index in [1.807, 2.05) is 13.8 Å². The van der Waals surface area contributed by atoms with Crippen LogP contribution in [0, 0.1) is 3.70 Å². The smallest absolute Gasteiger partial charge is 0.209 e. The van der Waals surface area contributed by atoms with Gasteiger partial charge in [-0.15, -0.1) is 10.2 Å². The zero-order valence-corrected chi connectivity index (χ0v) is 15.4. The zero-order valence-electron chi connectivity index (χ0n) is 11.7. The molecule has 114 valence electrons. The van der Waals surface area contributed by atoms with Crippen LogP contribution >= 0.6 is 45.8 Å². The van der Waals surface area contributed by atoms with E-state index in [0.29, 0.717) is 21.6 Å². The van der Waals surface area contributed by atoms with Gasteiger partial charge in [0.05, 0.1) is 27.8 Å². The number of aromatic nitrogens is 6. The molecule has 0 fully saturated rings. The lowest BCUT2D eigenvalue weighted by atomic mass is 10.3. The number of halogens is 3. The molecular weight excluding hydrogens is 438 g/mol. The number of nitrogens with zero attached hydrogens (tertiary/aromatic N) is 6. The van der Waals surface area contributed by atoms with Gasteiger partial charge in [-0.25, -0.2) is 4.68 Å². The molecule has 6 nitrogen and oxygen atoms in total. The molecule has 9 heteroatoms. The molecule has 0 aliphatic heterocycles. The highest BCUT2D eigenvalue weighted by atomic mass is 127. The van der Waals surface area contributed by atoms with Crippen LogP contribution in [0.4, 0.5) is 0 Å². The molecule has 0 aliphatic carbocycles. The topological polar surface area (TPSA) is 61.4 Å². The van der Waals surface area contributed by atoms with Crippen molar-refractivity contribution in [1.29, 1.82) is 0 Å². The van der Waals surface area contributed by atoms with Crippen molar-refractivity contribution in [2.24, 2.45) is 0 Å². The van der Waals surface area contributed by atoms with Crippen molar-refractivity contribution in [3.8, 4) is 17.1 Å². The van der Waals surface area contributed by atoms with Crippen molar-refractivity contribution in [3.05, 3.63) is 38.1 Å². The summed E-state index contributed by atoms with van der Waals surface area (Å²) in [7, 11) is 0. The molecular formula is C13H11Cl2IN6. The first-order valence-electron chi connectivity index (χ1n) is 6.47. The molecule has 0 bridgehead atoms. The summed E-state index contributed by atoms with van der Waals surface area (Å²) in [5.41, 5.74) is 1.42. The Bertz CT molecular complexity index is 806. The van der Waals surface area contributed by atoms with Gasteiger partial charge in [0.15, 0.2) is 0 Å². The molecule has 22 heavy (non-hydrogen) atoms. The van der Waals surface area contributed by atoms with Gasteiger partial charge in [-0.05, 0) is 53.8 Å². The first kappa shape index (κ1) is 15.7. The maximum atomic E-state index is 6.24. The van der Waals surface area contributed by atoms with Crippen LogP contribution in [-0.2, 0) is 0 Å².